The van der Waals surface area contributed by atoms with Crippen molar-refractivity contribution in [3.05, 3.63) is 34.2 Å². The summed E-state index contributed by atoms with van der Waals surface area (Å²) in [4.78, 5) is 0. The molecule has 0 unspecified atom stereocenters. The molecule has 0 bridgehead atoms. The molecule has 5 nitrogen and oxygen atoms in total. The van der Waals surface area contributed by atoms with Crippen molar-refractivity contribution in [1.29, 1.82) is 0 Å². The van der Waals surface area contributed by atoms with E-state index in [4.69, 9.17) is 22.1 Å². The first-order valence-electron chi connectivity index (χ1n) is 5.56. The molecule has 2 rings (SSSR count). The predicted octanol–water partition coefficient (Wildman–Crippen LogP) is 3.10. The van der Waals surface area contributed by atoms with Crippen LogP contribution in [0, 0.1) is 6.92 Å². The number of aryl methyl sites for hydroxylation is 1. The predicted molar refractivity (Wildman–Crippen MR) is 82.3 cm³/mol. The average molecular weight is 333 g/mol. The van der Waals surface area contributed by atoms with Crippen LogP contribution in [0.4, 0.5) is 11.4 Å². The lowest BCUT2D eigenvalue weighted by atomic mass is 10.2. The van der Waals surface area contributed by atoms with Gasteiger partial charge in [0.25, 0.3) is 10.0 Å². The summed E-state index contributed by atoms with van der Waals surface area (Å²) < 4.78 is 32.7. The van der Waals surface area contributed by atoms with Crippen molar-refractivity contribution in [2.24, 2.45) is 0 Å². The number of sulfonamides is 1. The van der Waals surface area contributed by atoms with Gasteiger partial charge in [0.1, 0.15) is 9.96 Å². The standard InChI is InChI=1S/C12H13ClN2O3S2/c1-7-5-11(19-12(7)13)20(16,17)15-9-4-3-8(14)6-10(9)18-2/h3-6,15H,14H2,1-2H3. The van der Waals surface area contributed by atoms with Gasteiger partial charge in [-0.2, -0.15) is 0 Å². The van der Waals surface area contributed by atoms with Crippen molar-refractivity contribution in [2.45, 2.75) is 11.1 Å². The lowest BCUT2D eigenvalue weighted by Crippen LogP contribution is -2.12. The Morgan fingerprint density at radius 2 is 2.05 bits per heavy atom. The molecule has 108 valence electrons. The molecule has 0 amide bonds. The van der Waals surface area contributed by atoms with Gasteiger partial charge in [0.05, 0.1) is 17.1 Å². The molecule has 0 atom stereocenters. The Labute approximate surface area is 126 Å². The lowest BCUT2D eigenvalue weighted by Gasteiger charge is -2.11. The third kappa shape index (κ3) is 3.00. The Balaban J connectivity index is 2.38. The monoisotopic (exact) mass is 332 g/mol. The Hall–Kier alpha value is -1.44. The van der Waals surface area contributed by atoms with Crippen LogP contribution in [0.1, 0.15) is 5.56 Å². The van der Waals surface area contributed by atoms with Crippen molar-refractivity contribution in [3.8, 4) is 5.75 Å². The molecule has 1 heterocycles. The number of nitrogens with one attached hydrogen (secondary N) is 1. The first-order valence-corrected chi connectivity index (χ1v) is 8.23. The Kier molecular flexibility index (Phi) is 4.12. The molecule has 1 aromatic heterocycles. The molecular weight excluding hydrogens is 320 g/mol. The highest BCUT2D eigenvalue weighted by Crippen LogP contribution is 2.33. The zero-order chi connectivity index (χ0) is 14.9. The van der Waals surface area contributed by atoms with Gasteiger partial charge in [0.2, 0.25) is 0 Å². The van der Waals surface area contributed by atoms with Crippen LogP contribution >= 0.6 is 22.9 Å². The number of halogens is 1. The van der Waals surface area contributed by atoms with Gasteiger partial charge in [-0.05, 0) is 30.7 Å². The van der Waals surface area contributed by atoms with Gasteiger partial charge < -0.3 is 10.5 Å². The number of hydrogen-bond donors (Lipinski definition) is 2. The second kappa shape index (κ2) is 5.51. The quantitative estimate of drug-likeness (QED) is 0.843. The fraction of sp³-hybridized carbons (Fsp3) is 0.167. The van der Waals surface area contributed by atoms with Crippen LogP contribution in [-0.2, 0) is 10.0 Å². The molecule has 0 spiro atoms. The highest BCUT2D eigenvalue weighted by atomic mass is 35.5. The second-order valence-corrected chi connectivity index (χ2v) is 7.65. The second-order valence-electron chi connectivity index (χ2n) is 4.09. The molecule has 0 aliphatic carbocycles. The fourth-order valence-corrected chi connectivity index (χ4v) is 4.33. The number of rotatable bonds is 4. The summed E-state index contributed by atoms with van der Waals surface area (Å²) >= 11 is 6.91. The molecule has 3 N–H and O–H groups in total. The summed E-state index contributed by atoms with van der Waals surface area (Å²) in [6, 6.07) is 6.21. The summed E-state index contributed by atoms with van der Waals surface area (Å²) in [6.45, 7) is 1.75. The van der Waals surface area contributed by atoms with Gasteiger partial charge in [0.15, 0.2) is 0 Å². The van der Waals surface area contributed by atoms with Gasteiger partial charge in [-0.3, -0.25) is 4.72 Å². The van der Waals surface area contributed by atoms with E-state index in [1.54, 1.807) is 25.1 Å². The van der Waals surface area contributed by atoms with Crippen LogP contribution in [0.25, 0.3) is 0 Å². The van der Waals surface area contributed by atoms with Gasteiger partial charge in [-0.25, -0.2) is 8.42 Å². The van der Waals surface area contributed by atoms with Gasteiger partial charge in [0, 0.05) is 11.8 Å². The van der Waals surface area contributed by atoms with E-state index in [1.807, 2.05) is 0 Å². The largest absolute Gasteiger partial charge is 0.494 e. The minimum atomic E-state index is -3.70. The first-order chi connectivity index (χ1) is 9.33. The SMILES string of the molecule is COc1cc(N)ccc1NS(=O)(=O)c1cc(C)c(Cl)s1. The Morgan fingerprint density at radius 3 is 2.60 bits per heavy atom. The Morgan fingerprint density at radius 1 is 1.35 bits per heavy atom. The third-order valence-electron chi connectivity index (χ3n) is 2.57. The maximum atomic E-state index is 12.3. The van der Waals surface area contributed by atoms with E-state index in [0.717, 1.165) is 16.9 Å². The van der Waals surface area contributed by atoms with Crippen molar-refractivity contribution in [3.63, 3.8) is 0 Å². The molecule has 1 aromatic carbocycles. The van der Waals surface area contributed by atoms with E-state index in [2.05, 4.69) is 4.72 Å². The van der Waals surface area contributed by atoms with E-state index in [1.165, 1.54) is 13.2 Å². The van der Waals surface area contributed by atoms with Crippen molar-refractivity contribution in [1.82, 2.24) is 0 Å². The maximum Gasteiger partial charge on any atom is 0.271 e. The number of hydrogen-bond acceptors (Lipinski definition) is 5. The van der Waals surface area contributed by atoms with Crippen molar-refractivity contribution < 1.29 is 13.2 Å². The fourth-order valence-electron chi connectivity index (χ4n) is 1.55. The van der Waals surface area contributed by atoms with E-state index in [-0.39, 0.29) is 4.21 Å². The maximum absolute atomic E-state index is 12.3. The number of thiophene rings is 1. The number of methoxy groups -OCH3 is 1. The average Bonchev–Trinajstić information content (AvgIpc) is 2.72. The minimum absolute atomic E-state index is 0.152. The molecule has 0 saturated carbocycles. The van der Waals surface area contributed by atoms with E-state index < -0.39 is 10.0 Å². The highest BCUT2D eigenvalue weighted by molar-refractivity contribution is 7.94. The number of anilines is 2. The Bertz CT molecular complexity index is 722. The molecule has 20 heavy (non-hydrogen) atoms. The summed E-state index contributed by atoms with van der Waals surface area (Å²) in [5.41, 5.74) is 7.16. The van der Waals surface area contributed by atoms with Gasteiger partial charge >= 0.3 is 0 Å². The summed E-state index contributed by atoms with van der Waals surface area (Å²) in [6.07, 6.45) is 0. The van der Waals surface area contributed by atoms with Crippen LogP contribution < -0.4 is 15.2 Å². The smallest absolute Gasteiger partial charge is 0.271 e. The van der Waals surface area contributed by atoms with E-state index in [9.17, 15) is 8.42 Å². The molecule has 0 aliphatic heterocycles. The molecule has 8 heteroatoms. The third-order valence-corrected chi connectivity index (χ3v) is 5.96. The topological polar surface area (TPSA) is 81.4 Å². The normalized spacial score (nSPS) is 11.3. The van der Waals surface area contributed by atoms with Crippen LogP contribution in [0.5, 0.6) is 5.75 Å². The van der Waals surface area contributed by atoms with Gasteiger partial charge in [-0.15, -0.1) is 11.3 Å². The molecule has 0 aliphatic rings. The molecule has 0 saturated heterocycles. The molecule has 0 radical (unpaired) electrons. The highest BCUT2D eigenvalue weighted by Gasteiger charge is 2.20. The number of nitrogen functional groups attached to an aromatic ring is 1. The number of ether oxygens (including phenoxy) is 1. The van der Waals surface area contributed by atoms with Crippen molar-refractivity contribution >= 4 is 44.3 Å². The lowest BCUT2D eigenvalue weighted by molar-refractivity contribution is 0.417. The first kappa shape index (κ1) is 15.0. The van der Waals surface area contributed by atoms with Crippen LogP contribution in [0.15, 0.2) is 28.5 Å². The zero-order valence-corrected chi connectivity index (χ0v) is 13.2. The summed E-state index contributed by atoms with van der Waals surface area (Å²) in [5, 5.41) is 0. The number of nitrogens with two attached hydrogens (primary N) is 1. The number of benzene rings is 1. The van der Waals surface area contributed by atoms with Crippen LogP contribution in [0.3, 0.4) is 0 Å². The molecule has 2 aromatic rings. The van der Waals surface area contributed by atoms with Gasteiger partial charge in [-0.1, -0.05) is 11.6 Å². The van der Waals surface area contributed by atoms with Crippen LogP contribution in [-0.4, -0.2) is 15.5 Å². The van der Waals surface area contributed by atoms with E-state index >= 15 is 0 Å². The summed E-state index contributed by atoms with van der Waals surface area (Å²) in [7, 11) is -2.25. The van der Waals surface area contributed by atoms with Crippen LogP contribution in [0.2, 0.25) is 4.34 Å². The molecule has 0 fully saturated rings. The minimum Gasteiger partial charge on any atom is -0.494 e. The van der Waals surface area contributed by atoms with E-state index in [0.29, 0.717) is 21.5 Å². The summed E-state index contributed by atoms with van der Waals surface area (Å²) in [5.74, 6) is 0.355. The molecular formula is C12H13ClN2O3S2. The van der Waals surface area contributed by atoms with Crippen molar-refractivity contribution in [2.75, 3.05) is 17.6 Å². The zero-order valence-electron chi connectivity index (χ0n) is 10.8.